The van der Waals surface area contributed by atoms with Gasteiger partial charge in [-0.3, -0.25) is 24.0 Å². The number of amides is 2. The monoisotopic (exact) mass is 582 g/mol. The van der Waals surface area contributed by atoms with Crippen LogP contribution in [0.2, 0.25) is 0 Å². The summed E-state index contributed by atoms with van der Waals surface area (Å²) >= 11 is 0. The summed E-state index contributed by atoms with van der Waals surface area (Å²) in [6.45, 7) is 4.83. The Morgan fingerprint density at radius 2 is 1.68 bits per heavy atom. The molecule has 0 radical (unpaired) electrons. The smallest absolute Gasteiger partial charge is 0.273 e. The molecule has 0 saturated carbocycles. The number of nitro benzene ring substituents is 1. The highest BCUT2D eigenvalue weighted by atomic mass is 32.2. The SMILES string of the molecule is CCNC(=O)[C@H](CC)N(Cc1ccccc1)C(=O)CN(c1ccc(OC)cc1)S(=O)(=O)c1ccc(C)c([N+](=O)[O-])c1. The maximum Gasteiger partial charge on any atom is 0.273 e. The van der Waals surface area contributed by atoms with Gasteiger partial charge in [0, 0.05) is 24.7 Å². The van der Waals surface area contributed by atoms with Crippen molar-refractivity contribution in [1.82, 2.24) is 10.2 Å². The zero-order valence-corrected chi connectivity index (χ0v) is 24.3. The number of hydrogen-bond acceptors (Lipinski definition) is 7. The van der Waals surface area contributed by atoms with Crippen LogP contribution < -0.4 is 14.4 Å². The van der Waals surface area contributed by atoms with Crippen molar-refractivity contribution in [3.05, 3.63) is 94.0 Å². The first-order valence-electron chi connectivity index (χ1n) is 13.1. The highest BCUT2D eigenvalue weighted by Gasteiger charge is 2.34. The molecule has 0 aliphatic heterocycles. The van der Waals surface area contributed by atoms with Crippen LogP contribution in [0.25, 0.3) is 0 Å². The van der Waals surface area contributed by atoms with E-state index in [0.29, 0.717) is 24.3 Å². The number of nitrogens with one attached hydrogen (secondary N) is 1. The summed E-state index contributed by atoms with van der Waals surface area (Å²) in [7, 11) is -3.01. The Hall–Kier alpha value is -4.45. The number of methoxy groups -OCH3 is 1. The third kappa shape index (κ3) is 7.40. The van der Waals surface area contributed by atoms with Crippen LogP contribution in [0.15, 0.2) is 77.7 Å². The summed E-state index contributed by atoms with van der Waals surface area (Å²) in [5.41, 5.74) is 0.840. The molecule has 0 bridgehead atoms. The van der Waals surface area contributed by atoms with Crippen LogP contribution in [0.3, 0.4) is 0 Å². The van der Waals surface area contributed by atoms with E-state index in [-0.39, 0.29) is 28.7 Å². The summed E-state index contributed by atoms with van der Waals surface area (Å²) in [6, 6.07) is 17.9. The van der Waals surface area contributed by atoms with Crippen molar-refractivity contribution in [2.75, 3.05) is 24.5 Å². The van der Waals surface area contributed by atoms with E-state index < -0.39 is 33.4 Å². The van der Waals surface area contributed by atoms with E-state index in [2.05, 4.69) is 5.32 Å². The van der Waals surface area contributed by atoms with Crippen LogP contribution in [-0.2, 0) is 26.2 Å². The minimum atomic E-state index is -4.47. The lowest BCUT2D eigenvalue weighted by atomic mass is 10.1. The number of nitrogens with zero attached hydrogens (tertiary/aromatic N) is 3. The molecule has 218 valence electrons. The summed E-state index contributed by atoms with van der Waals surface area (Å²) in [6.07, 6.45) is 0.295. The largest absolute Gasteiger partial charge is 0.497 e. The molecule has 1 atom stereocenters. The van der Waals surface area contributed by atoms with E-state index in [1.54, 1.807) is 26.0 Å². The van der Waals surface area contributed by atoms with Crippen molar-refractivity contribution < 1.29 is 27.7 Å². The molecule has 41 heavy (non-hydrogen) atoms. The number of carbonyl (C=O) groups is 2. The van der Waals surface area contributed by atoms with Gasteiger partial charge in [0.1, 0.15) is 18.3 Å². The van der Waals surface area contributed by atoms with Crippen LogP contribution in [0.4, 0.5) is 11.4 Å². The topological polar surface area (TPSA) is 139 Å². The molecule has 0 aliphatic rings. The van der Waals surface area contributed by atoms with E-state index in [9.17, 15) is 28.1 Å². The van der Waals surface area contributed by atoms with Gasteiger partial charge in [-0.1, -0.05) is 43.3 Å². The van der Waals surface area contributed by atoms with E-state index >= 15 is 0 Å². The number of nitro groups is 1. The Morgan fingerprint density at radius 1 is 1.02 bits per heavy atom. The predicted molar refractivity (Wildman–Crippen MR) is 155 cm³/mol. The predicted octanol–water partition coefficient (Wildman–Crippen LogP) is 4.05. The molecule has 0 aliphatic carbocycles. The number of rotatable bonds is 13. The van der Waals surface area contributed by atoms with Crippen molar-refractivity contribution >= 4 is 33.2 Å². The van der Waals surface area contributed by atoms with Gasteiger partial charge in [0.2, 0.25) is 11.8 Å². The number of hydrogen-bond donors (Lipinski definition) is 1. The van der Waals surface area contributed by atoms with Gasteiger partial charge in [-0.2, -0.15) is 0 Å². The zero-order valence-electron chi connectivity index (χ0n) is 23.4. The highest BCUT2D eigenvalue weighted by Crippen LogP contribution is 2.29. The van der Waals surface area contributed by atoms with Crippen LogP contribution in [0.1, 0.15) is 31.4 Å². The fourth-order valence-electron chi connectivity index (χ4n) is 4.34. The zero-order chi connectivity index (χ0) is 30.2. The first kappa shape index (κ1) is 31.1. The molecule has 3 aromatic rings. The van der Waals surface area contributed by atoms with Crippen molar-refractivity contribution in [1.29, 1.82) is 0 Å². The standard InChI is InChI=1S/C29H34N4O7S/c1-5-26(29(35)30-6-2)31(19-22-10-8-7-9-11-22)28(34)20-32(23-13-15-24(40-4)16-14-23)41(38,39)25-17-12-21(3)27(18-25)33(36)37/h7-18,26H,5-6,19-20H2,1-4H3,(H,30,35)/t26-/m0/s1. The van der Waals surface area contributed by atoms with Crippen LogP contribution in [0, 0.1) is 17.0 Å². The summed E-state index contributed by atoms with van der Waals surface area (Å²) in [5.74, 6) is -0.503. The first-order chi connectivity index (χ1) is 19.5. The van der Waals surface area contributed by atoms with Crippen molar-refractivity contribution in [2.24, 2.45) is 0 Å². The van der Waals surface area contributed by atoms with E-state index in [1.165, 1.54) is 43.2 Å². The first-order valence-corrected chi connectivity index (χ1v) is 14.5. The van der Waals surface area contributed by atoms with Crippen molar-refractivity contribution in [3.8, 4) is 5.75 Å². The molecule has 0 saturated heterocycles. The Labute approximate surface area is 239 Å². The summed E-state index contributed by atoms with van der Waals surface area (Å²) in [4.78, 5) is 38.9. The number of benzene rings is 3. The average molecular weight is 583 g/mol. The Kier molecular flexibility index (Phi) is 10.4. The second-order valence-electron chi connectivity index (χ2n) is 9.24. The van der Waals surface area contributed by atoms with Gasteiger partial charge in [-0.05, 0) is 56.2 Å². The molecule has 12 heteroatoms. The van der Waals surface area contributed by atoms with E-state index in [0.717, 1.165) is 15.9 Å². The Balaban J connectivity index is 2.11. The molecule has 2 amide bonds. The fourth-order valence-corrected chi connectivity index (χ4v) is 5.78. The maximum absolute atomic E-state index is 14.0. The quantitative estimate of drug-likeness (QED) is 0.237. The maximum atomic E-state index is 14.0. The third-order valence-corrected chi connectivity index (χ3v) is 8.31. The fraction of sp³-hybridized carbons (Fsp3) is 0.310. The molecule has 11 nitrogen and oxygen atoms in total. The lowest BCUT2D eigenvalue weighted by Crippen LogP contribution is -2.52. The van der Waals surface area contributed by atoms with Gasteiger partial charge in [-0.25, -0.2) is 8.42 Å². The number of sulfonamides is 1. The van der Waals surface area contributed by atoms with Gasteiger partial charge in [-0.15, -0.1) is 0 Å². The molecule has 0 unspecified atom stereocenters. The molecule has 0 spiro atoms. The Bertz CT molecular complexity index is 1480. The molecule has 0 heterocycles. The molecule has 1 N–H and O–H groups in total. The number of aryl methyl sites for hydroxylation is 1. The van der Waals surface area contributed by atoms with Gasteiger partial charge >= 0.3 is 0 Å². The Morgan fingerprint density at radius 3 is 2.24 bits per heavy atom. The summed E-state index contributed by atoms with van der Waals surface area (Å²) < 4.78 is 34.1. The van der Waals surface area contributed by atoms with E-state index in [1.807, 2.05) is 30.3 Å². The average Bonchev–Trinajstić information content (AvgIpc) is 2.96. The van der Waals surface area contributed by atoms with Gasteiger partial charge in [0.15, 0.2) is 0 Å². The van der Waals surface area contributed by atoms with Crippen LogP contribution >= 0.6 is 0 Å². The number of ether oxygens (including phenoxy) is 1. The van der Waals surface area contributed by atoms with Crippen molar-refractivity contribution in [2.45, 2.75) is 44.7 Å². The number of likely N-dealkylation sites (N-methyl/N-ethyl adjacent to an activating group) is 1. The minimum absolute atomic E-state index is 0.0712. The lowest BCUT2D eigenvalue weighted by molar-refractivity contribution is -0.385. The number of anilines is 1. The second kappa shape index (κ2) is 13.8. The second-order valence-corrected chi connectivity index (χ2v) is 11.1. The minimum Gasteiger partial charge on any atom is -0.497 e. The van der Waals surface area contributed by atoms with Crippen LogP contribution in [-0.4, -0.2) is 56.3 Å². The van der Waals surface area contributed by atoms with Crippen molar-refractivity contribution in [3.63, 3.8) is 0 Å². The molecule has 0 fully saturated rings. The molecular weight excluding hydrogens is 548 g/mol. The molecule has 3 rings (SSSR count). The molecular formula is C29H34N4O7S. The summed E-state index contributed by atoms with van der Waals surface area (Å²) in [5, 5.41) is 14.3. The molecule has 0 aromatic heterocycles. The third-order valence-electron chi connectivity index (χ3n) is 6.54. The van der Waals surface area contributed by atoms with Gasteiger partial charge < -0.3 is 15.0 Å². The van der Waals surface area contributed by atoms with Gasteiger partial charge in [0.05, 0.1) is 22.6 Å². The highest BCUT2D eigenvalue weighted by molar-refractivity contribution is 7.92. The number of carbonyl (C=O) groups excluding carboxylic acids is 2. The lowest BCUT2D eigenvalue weighted by Gasteiger charge is -2.33. The normalized spacial score (nSPS) is 11.8. The van der Waals surface area contributed by atoms with E-state index in [4.69, 9.17) is 4.74 Å². The molecule has 3 aromatic carbocycles. The van der Waals surface area contributed by atoms with Gasteiger partial charge in [0.25, 0.3) is 15.7 Å². The van der Waals surface area contributed by atoms with Crippen LogP contribution in [0.5, 0.6) is 5.75 Å².